The first-order chi connectivity index (χ1) is 8.24. The van der Waals surface area contributed by atoms with E-state index >= 15 is 0 Å². The summed E-state index contributed by atoms with van der Waals surface area (Å²) in [4.78, 5) is 4.38. The Labute approximate surface area is 109 Å². The van der Waals surface area contributed by atoms with Gasteiger partial charge < -0.3 is 11.1 Å². The lowest BCUT2D eigenvalue weighted by Crippen LogP contribution is -2.21. The van der Waals surface area contributed by atoms with Crippen LogP contribution in [0.1, 0.15) is 19.3 Å². The predicted octanol–water partition coefficient (Wildman–Crippen LogP) is 3.24. The van der Waals surface area contributed by atoms with Crippen molar-refractivity contribution < 1.29 is 0 Å². The van der Waals surface area contributed by atoms with Crippen molar-refractivity contribution in [2.45, 2.75) is 31.3 Å². The molecule has 0 amide bonds. The van der Waals surface area contributed by atoms with Gasteiger partial charge in [0.2, 0.25) is 0 Å². The van der Waals surface area contributed by atoms with Gasteiger partial charge in [-0.3, -0.25) is 0 Å². The summed E-state index contributed by atoms with van der Waals surface area (Å²) < 4.78 is 1.17. The van der Waals surface area contributed by atoms with Crippen LogP contribution in [0.15, 0.2) is 17.6 Å². The van der Waals surface area contributed by atoms with E-state index in [0.717, 1.165) is 35.5 Å². The Morgan fingerprint density at radius 3 is 3.06 bits per heavy atom. The molecule has 0 radical (unpaired) electrons. The molecule has 0 saturated heterocycles. The number of nitrogens with one attached hydrogen (secondary N) is 1. The number of nitrogens with two attached hydrogens (primary N) is 1. The molecule has 3 nitrogen and oxygen atoms in total. The molecule has 1 aromatic carbocycles. The van der Waals surface area contributed by atoms with Crippen LogP contribution in [-0.2, 0) is 0 Å². The molecule has 1 aliphatic rings. The molecular formula is C12H14ClN3S. The molecule has 90 valence electrons. The number of fused-ring (bicyclic) bond motifs is 1. The molecule has 2 atom stereocenters. The van der Waals surface area contributed by atoms with Crippen LogP contribution < -0.4 is 11.1 Å². The van der Waals surface area contributed by atoms with E-state index < -0.39 is 0 Å². The minimum atomic E-state index is 0.320. The number of hydrogen-bond donors (Lipinski definition) is 2. The maximum atomic E-state index is 6.25. The van der Waals surface area contributed by atoms with Gasteiger partial charge in [-0.05, 0) is 31.4 Å². The Morgan fingerprint density at radius 2 is 2.29 bits per heavy atom. The van der Waals surface area contributed by atoms with E-state index in [0.29, 0.717) is 12.1 Å². The Kier molecular flexibility index (Phi) is 2.94. The van der Waals surface area contributed by atoms with Gasteiger partial charge in [-0.2, -0.15) is 0 Å². The first-order valence-electron chi connectivity index (χ1n) is 5.78. The lowest BCUT2D eigenvalue weighted by Gasteiger charge is -2.15. The number of halogens is 1. The van der Waals surface area contributed by atoms with Gasteiger partial charge in [0.05, 0.1) is 20.9 Å². The number of benzene rings is 1. The fraction of sp³-hybridized carbons (Fsp3) is 0.417. The molecule has 2 aromatic rings. The number of thiazole rings is 1. The first kappa shape index (κ1) is 11.3. The van der Waals surface area contributed by atoms with Gasteiger partial charge in [0.1, 0.15) is 5.52 Å². The molecule has 1 fully saturated rings. The van der Waals surface area contributed by atoms with Crippen molar-refractivity contribution in [1.82, 2.24) is 4.98 Å². The van der Waals surface area contributed by atoms with Crippen molar-refractivity contribution in [3.8, 4) is 0 Å². The standard InChI is InChI=1S/C12H14ClN3S/c13-9-3-4-10-12(15-6-17-10)11(9)16-8-2-1-7(14)5-8/h3-4,6-8,16H,1-2,5,14H2. The molecule has 3 N–H and O–H groups in total. The van der Waals surface area contributed by atoms with Crippen LogP contribution in [0.4, 0.5) is 5.69 Å². The number of rotatable bonds is 2. The minimum absolute atomic E-state index is 0.320. The Balaban J connectivity index is 1.93. The predicted molar refractivity (Wildman–Crippen MR) is 73.9 cm³/mol. The molecule has 1 aliphatic carbocycles. The summed E-state index contributed by atoms with van der Waals surface area (Å²) in [7, 11) is 0. The zero-order chi connectivity index (χ0) is 11.8. The van der Waals surface area contributed by atoms with Crippen LogP contribution in [-0.4, -0.2) is 17.1 Å². The van der Waals surface area contributed by atoms with Gasteiger partial charge in [-0.15, -0.1) is 11.3 Å². The highest BCUT2D eigenvalue weighted by molar-refractivity contribution is 7.16. The second-order valence-corrected chi connectivity index (χ2v) is 5.83. The summed E-state index contributed by atoms with van der Waals surface area (Å²) in [6, 6.07) is 4.69. The van der Waals surface area contributed by atoms with Crippen LogP contribution in [0.25, 0.3) is 10.2 Å². The summed E-state index contributed by atoms with van der Waals surface area (Å²) in [5.74, 6) is 0. The van der Waals surface area contributed by atoms with Gasteiger partial charge >= 0.3 is 0 Å². The summed E-state index contributed by atoms with van der Waals surface area (Å²) >= 11 is 7.88. The topological polar surface area (TPSA) is 50.9 Å². The number of hydrogen-bond acceptors (Lipinski definition) is 4. The van der Waals surface area contributed by atoms with Gasteiger partial charge in [0.25, 0.3) is 0 Å². The van der Waals surface area contributed by atoms with Gasteiger partial charge in [0.15, 0.2) is 0 Å². The average molecular weight is 268 g/mol. The molecule has 1 aromatic heterocycles. The highest BCUT2D eigenvalue weighted by Gasteiger charge is 2.23. The van der Waals surface area contributed by atoms with E-state index in [1.165, 1.54) is 4.70 Å². The van der Waals surface area contributed by atoms with Crippen molar-refractivity contribution in [3.63, 3.8) is 0 Å². The van der Waals surface area contributed by atoms with Crippen molar-refractivity contribution in [1.29, 1.82) is 0 Å². The third-order valence-electron chi connectivity index (χ3n) is 3.27. The molecule has 1 saturated carbocycles. The fourth-order valence-corrected chi connectivity index (χ4v) is 3.29. The van der Waals surface area contributed by atoms with Crippen LogP contribution in [0.5, 0.6) is 0 Å². The van der Waals surface area contributed by atoms with Crippen molar-refractivity contribution in [2.24, 2.45) is 5.73 Å². The number of nitrogens with zero attached hydrogens (tertiary/aromatic N) is 1. The maximum Gasteiger partial charge on any atom is 0.106 e. The van der Waals surface area contributed by atoms with E-state index in [1.807, 2.05) is 17.6 Å². The normalized spacial score (nSPS) is 24.4. The van der Waals surface area contributed by atoms with E-state index in [-0.39, 0.29) is 0 Å². The van der Waals surface area contributed by atoms with Crippen LogP contribution >= 0.6 is 22.9 Å². The summed E-state index contributed by atoms with van der Waals surface area (Å²) in [6.07, 6.45) is 3.21. The summed E-state index contributed by atoms with van der Waals surface area (Å²) in [6.45, 7) is 0. The van der Waals surface area contributed by atoms with Crippen molar-refractivity contribution in [2.75, 3.05) is 5.32 Å². The molecule has 3 rings (SSSR count). The minimum Gasteiger partial charge on any atom is -0.379 e. The third kappa shape index (κ3) is 2.12. The van der Waals surface area contributed by atoms with Gasteiger partial charge in [-0.1, -0.05) is 11.6 Å². The zero-order valence-electron chi connectivity index (χ0n) is 9.32. The summed E-state index contributed by atoms with van der Waals surface area (Å²) in [5, 5.41) is 4.24. The molecule has 2 unspecified atom stereocenters. The van der Waals surface area contributed by atoms with E-state index in [1.54, 1.807) is 11.3 Å². The lowest BCUT2D eigenvalue weighted by molar-refractivity contribution is 0.688. The smallest absolute Gasteiger partial charge is 0.106 e. The van der Waals surface area contributed by atoms with Crippen LogP contribution in [0.2, 0.25) is 5.02 Å². The molecule has 1 heterocycles. The van der Waals surface area contributed by atoms with Crippen molar-refractivity contribution >= 4 is 38.8 Å². The van der Waals surface area contributed by atoms with E-state index in [4.69, 9.17) is 17.3 Å². The Hall–Kier alpha value is -0.840. The highest BCUT2D eigenvalue weighted by Crippen LogP contribution is 2.34. The summed E-state index contributed by atoms with van der Waals surface area (Å²) in [5.41, 5.74) is 9.71. The second-order valence-electron chi connectivity index (χ2n) is 4.54. The van der Waals surface area contributed by atoms with E-state index in [9.17, 15) is 0 Å². The van der Waals surface area contributed by atoms with E-state index in [2.05, 4.69) is 10.3 Å². The van der Waals surface area contributed by atoms with Crippen molar-refractivity contribution in [3.05, 3.63) is 22.7 Å². The monoisotopic (exact) mass is 267 g/mol. The highest BCUT2D eigenvalue weighted by atomic mass is 35.5. The molecule has 5 heteroatoms. The van der Waals surface area contributed by atoms with Crippen LogP contribution in [0.3, 0.4) is 0 Å². The molecular weight excluding hydrogens is 254 g/mol. The maximum absolute atomic E-state index is 6.25. The largest absolute Gasteiger partial charge is 0.379 e. The quantitative estimate of drug-likeness (QED) is 0.878. The van der Waals surface area contributed by atoms with Gasteiger partial charge in [-0.25, -0.2) is 4.98 Å². The number of aromatic nitrogens is 1. The lowest BCUT2D eigenvalue weighted by atomic mass is 10.2. The Morgan fingerprint density at radius 1 is 1.41 bits per heavy atom. The Bertz CT molecular complexity index is 540. The fourth-order valence-electron chi connectivity index (χ4n) is 2.40. The second kappa shape index (κ2) is 4.44. The zero-order valence-corrected chi connectivity index (χ0v) is 10.9. The number of anilines is 1. The first-order valence-corrected chi connectivity index (χ1v) is 7.03. The SMILES string of the molecule is NC1CCC(Nc2c(Cl)ccc3scnc23)C1. The van der Waals surface area contributed by atoms with Gasteiger partial charge in [0, 0.05) is 12.1 Å². The third-order valence-corrected chi connectivity index (χ3v) is 4.38. The molecule has 0 aliphatic heterocycles. The molecule has 17 heavy (non-hydrogen) atoms. The average Bonchev–Trinajstić information content (AvgIpc) is 2.91. The molecule has 0 spiro atoms. The van der Waals surface area contributed by atoms with Crippen LogP contribution in [0, 0.1) is 0 Å². The molecule has 0 bridgehead atoms.